The molecule has 2 rings (SSSR count). The summed E-state index contributed by atoms with van der Waals surface area (Å²) >= 11 is 3.39. The van der Waals surface area contributed by atoms with E-state index < -0.39 is 11.6 Å². The first kappa shape index (κ1) is 16.4. The lowest BCUT2D eigenvalue weighted by molar-refractivity contribution is -0.152. The third kappa shape index (κ3) is 4.24. The molecule has 0 fully saturated rings. The van der Waals surface area contributed by atoms with Crippen LogP contribution in [0.1, 0.15) is 19.4 Å². The number of aliphatic carboxylic acids is 1. The first-order valence-electron chi connectivity index (χ1n) is 6.76. The Morgan fingerprint density at radius 2 is 1.45 bits per heavy atom. The Morgan fingerprint density at radius 1 is 1.00 bits per heavy atom. The molecule has 0 saturated carbocycles. The molecular formula is C17H17BrO4. The van der Waals surface area contributed by atoms with Crippen LogP contribution in [0.3, 0.4) is 0 Å². The first-order chi connectivity index (χ1) is 10.4. The van der Waals surface area contributed by atoms with Crippen LogP contribution in [0.15, 0.2) is 48.5 Å². The molecule has 2 aromatic rings. The second kappa shape index (κ2) is 6.83. The van der Waals surface area contributed by atoms with Gasteiger partial charge in [0, 0.05) is 5.33 Å². The molecular weight excluding hydrogens is 348 g/mol. The molecule has 0 spiro atoms. The molecule has 0 atom stereocenters. The lowest BCUT2D eigenvalue weighted by Crippen LogP contribution is -2.37. The van der Waals surface area contributed by atoms with Gasteiger partial charge >= 0.3 is 5.97 Å². The predicted molar refractivity (Wildman–Crippen MR) is 87.9 cm³/mol. The molecule has 0 radical (unpaired) electrons. The van der Waals surface area contributed by atoms with Crippen LogP contribution < -0.4 is 9.47 Å². The quantitative estimate of drug-likeness (QED) is 0.760. The number of carboxylic acids is 1. The number of hydrogen-bond donors (Lipinski definition) is 1. The lowest BCUT2D eigenvalue weighted by Gasteiger charge is -2.21. The monoisotopic (exact) mass is 364 g/mol. The number of carboxylic acid groups (broad SMARTS) is 1. The summed E-state index contributed by atoms with van der Waals surface area (Å²) in [4.78, 5) is 11.0. The highest BCUT2D eigenvalue weighted by Crippen LogP contribution is 2.26. The van der Waals surface area contributed by atoms with Crippen LogP contribution in [0.5, 0.6) is 17.2 Å². The predicted octanol–water partition coefficient (Wildman–Crippen LogP) is 4.62. The lowest BCUT2D eigenvalue weighted by atomic mass is 10.1. The fraction of sp³-hybridized carbons (Fsp3) is 0.235. The van der Waals surface area contributed by atoms with Crippen molar-refractivity contribution >= 4 is 21.9 Å². The van der Waals surface area contributed by atoms with E-state index in [1.165, 1.54) is 19.4 Å². The normalized spacial score (nSPS) is 11.0. The Labute approximate surface area is 137 Å². The summed E-state index contributed by atoms with van der Waals surface area (Å²) in [5.41, 5.74) is -0.0968. The molecule has 1 N–H and O–H groups in total. The smallest absolute Gasteiger partial charge is 0.347 e. The van der Waals surface area contributed by atoms with Gasteiger partial charge in [-0.15, -0.1) is 0 Å². The average molecular weight is 365 g/mol. The fourth-order valence-corrected chi connectivity index (χ4v) is 2.07. The minimum absolute atomic E-state index is 0.481. The topological polar surface area (TPSA) is 55.8 Å². The number of halogens is 1. The maximum absolute atomic E-state index is 11.0. The SMILES string of the molecule is CC(C)(Oc1ccc(Oc2ccc(CBr)cc2)cc1)C(=O)O. The van der Waals surface area contributed by atoms with Gasteiger partial charge in [0.1, 0.15) is 17.2 Å². The Bertz CT molecular complexity index is 633. The zero-order valence-corrected chi connectivity index (χ0v) is 14.0. The largest absolute Gasteiger partial charge is 0.478 e. The van der Waals surface area contributed by atoms with Crippen LogP contribution in [0, 0.1) is 0 Å². The zero-order valence-electron chi connectivity index (χ0n) is 12.4. The van der Waals surface area contributed by atoms with Gasteiger partial charge in [0.15, 0.2) is 5.60 Å². The Morgan fingerprint density at radius 3 is 1.91 bits per heavy atom. The molecule has 0 unspecified atom stereocenters. The van der Waals surface area contributed by atoms with Gasteiger partial charge in [0.25, 0.3) is 0 Å². The van der Waals surface area contributed by atoms with Crippen molar-refractivity contribution in [1.29, 1.82) is 0 Å². The molecule has 5 heteroatoms. The van der Waals surface area contributed by atoms with Gasteiger partial charge in [-0.3, -0.25) is 0 Å². The fourth-order valence-electron chi connectivity index (χ4n) is 1.70. The molecule has 22 heavy (non-hydrogen) atoms. The third-order valence-electron chi connectivity index (χ3n) is 3.03. The number of ether oxygens (including phenoxy) is 2. The summed E-state index contributed by atoms with van der Waals surface area (Å²) < 4.78 is 11.2. The number of rotatable bonds is 6. The highest BCUT2D eigenvalue weighted by Gasteiger charge is 2.29. The summed E-state index contributed by atoms with van der Waals surface area (Å²) in [6, 6.07) is 14.6. The molecule has 0 amide bonds. The Kier molecular flexibility index (Phi) is 5.08. The van der Waals surface area contributed by atoms with Crippen LogP contribution in [-0.4, -0.2) is 16.7 Å². The second-order valence-electron chi connectivity index (χ2n) is 5.27. The standard InChI is InChI=1S/C17H17BrO4/c1-17(2,16(19)20)22-15-9-7-14(8-10-15)21-13-5-3-12(11-18)4-6-13/h3-10H,11H2,1-2H3,(H,19,20). The third-order valence-corrected chi connectivity index (χ3v) is 3.67. The van der Waals surface area contributed by atoms with Crippen LogP contribution >= 0.6 is 15.9 Å². The van der Waals surface area contributed by atoms with Gasteiger partial charge < -0.3 is 14.6 Å². The van der Waals surface area contributed by atoms with Gasteiger partial charge in [-0.25, -0.2) is 4.79 Å². The summed E-state index contributed by atoms with van der Waals surface area (Å²) in [7, 11) is 0. The average Bonchev–Trinajstić information content (AvgIpc) is 2.49. The summed E-state index contributed by atoms with van der Waals surface area (Å²) in [5.74, 6) is 0.866. The van der Waals surface area contributed by atoms with Crippen molar-refractivity contribution in [3.63, 3.8) is 0 Å². The van der Waals surface area contributed by atoms with Gasteiger partial charge in [-0.1, -0.05) is 28.1 Å². The van der Waals surface area contributed by atoms with E-state index in [0.717, 1.165) is 11.1 Å². The van der Waals surface area contributed by atoms with Gasteiger partial charge in [0.05, 0.1) is 0 Å². The highest BCUT2D eigenvalue weighted by atomic mass is 79.9. The maximum atomic E-state index is 11.0. The first-order valence-corrected chi connectivity index (χ1v) is 7.88. The minimum Gasteiger partial charge on any atom is -0.478 e. The van der Waals surface area contributed by atoms with Crippen molar-refractivity contribution in [1.82, 2.24) is 0 Å². The van der Waals surface area contributed by atoms with E-state index in [9.17, 15) is 4.79 Å². The second-order valence-corrected chi connectivity index (χ2v) is 5.83. The van der Waals surface area contributed by atoms with Crippen LogP contribution in [0.2, 0.25) is 0 Å². The Balaban J connectivity index is 2.03. The van der Waals surface area contributed by atoms with E-state index in [1.807, 2.05) is 24.3 Å². The minimum atomic E-state index is -1.27. The highest BCUT2D eigenvalue weighted by molar-refractivity contribution is 9.08. The van der Waals surface area contributed by atoms with Gasteiger partial charge in [-0.05, 0) is 55.8 Å². The molecule has 0 bridgehead atoms. The number of carbonyl (C=O) groups is 1. The molecule has 2 aromatic carbocycles. The van der Waals surface area contributed by atoms with Crippen molar-refractivity contribution < 1.29 is 19.4 Å². The molecule has 116 valence electrons. The van der Waals surface area contributed by atoms with Gasteiger partial charge in [0.2, 0.25) is 0 Å². The molecule has 0 saturated heterocycles. The number of hydrogen-bond acceptors (Lipinski definition) is 3. The molecule has 0 aliphatic heterocycles. The van der Waals surface area contributed by atoms with Crippen molar-refractivity contribution in [2.75, 3.05) is 0 Å². The number of alkyl halides is 1. The molecule has 4 nitrogen and oxygen atoms in total. The van der Waals surface area contributed by atoms with E-state index in [1.54, 1.807) is 24.3 Å². The summed E-state index contributed by atoms with van der Waals surface area (Å²) in [6.07, 6.45) is 0. The maximum Gasteiger partial charge on any atom is 0.347 e. The van der Waals surface area contributed by atoms with E-state index in [2.05, 4.69) is 15.9 Å². The van der Waals surface area contributed by atoms with E-state index in [4.69, 9.17) is 14.6 Å². The van der Waals surface area contributed by atoms with E-state index in [-0.39, 0.29) is 0 Å². The summed E-state index contributed by atoms with van der Waals surface area (Å²) in [6.45, 7) is 3.01. The molecule has 0 heterocycles. The van der Waals surface area contributed by atoms with Crippen LogP contribution in [0.4, 0.5) is 0 Å². The Hall–Kier alpha value is -2.01. The molecule has 0 aromatic heterocycles. The molecule has 0 aliphatic carbocycles. The number of benzene rings is 2. The van der Waals surface area contributed by atoms with Crippen LogP contribution in [-0.2, 0) is 10.1 Å². The van der Waals surface area contributed by atoms with Crippen molar-refractivity contribution in [2.24, 2.45) is 0 Å². The van der Waals surface area contributed by atoms with E-state index in [0.29, 0.717) is 11.5 Å². The molecule has 0 aliphatic rings. The van der Waals surface area contributed by atoms with E-state index >= 15 is 0 Å². The van der Waals surface area contributed by atoms with Crippen molar-refractivity contribution in [3.8, 4) is 17.2 Å². The van der Waals surface area contributed by atoms with Crippen molar-refractivity contribution in [3.05, 3.63) is 54.1 Å². The van der Waals surface area contributed by atoms with Crippen LogP contribution in [0.25, 0.3) is 0 Å². The van der Waals surface area contributed by atoms with Gasteiger partial charge in [-0.2, -0.15) is 0 Å². The summed E-state index contributed by atoms with van der Waals surface area (Å²) in [5, 5.41) is 9.85. The zero-order chi connectivity index (χ0) is 16.2. The van der Waals surface area contributed by atoms with Crippen molar-refractivity contribution in [2.45, 2.75) is 24.8 Å².